The lowest BCUT2D eigenvalue weighted by atomic mass is 10.2. The predicted molar refractivity (Wildman–Crippen MR) is 122 cm³/mol. The monoisotopic (exact) mass is 468 g/mol. The van der Waals surface area contributed by atoms with Crippen molar-refractivity contribution >= 4 is 33.2 Å². The minimum atomic E-state index is -4.09. The molecule has 0 bridgehead atoms. The van der Waals surface area contributed by atoms with Crippen molar-refractivity contribution in [3.05, 3.63) is 53.1 Å². The van der Waals surface area contributed by atoms with Crippen LogP contribution in [0.4, 0.5) is 5.69 Å². The van der Waals surface area contributed by atoms with Gasteiger partial charge in [-0.05, 0) is 69.2 Å². The van der Waals surface area contributed by atoms with E-state index >= 15 is 0 Å². The Bertz CT molecular complexity index is 978. The number of nitrogens with zero attached hydrogens (tertiary/aromatic N) is 1. The minimum absolute atomic E-state index is 0.0110. The molecule has 0 radical (unpaired) electrons. The van der Waals surface area contributed by atoms with Crippen LogP contribution in [0.25, 0.3) is 0 Å². The second kappa shape index (κ2) is 11.4. The van der Waals surface area contributed by atoms with Crippen LogP contribution in [0.15, 0.2) is 47.4 Å². The minimum Gasteiger partial charge on any atom is -0.495 e. The van der Waals surface area contributed by atoms with E-state index in [0.29, 0.717) is 30.3 Å². The summed E-state index contributed by atoms with van der Waals surface area (Å²) in [5.41, 5.74) is 1.08. The van der Waals surface area contributed by atoms with E-state index in [2.05, 4.69) is 5.32 Å². The quantitative estimate of drug-likeness (QED) is 0.507. The molecule has 0 atom stereocenters. The number of benzene rings is 2. The van der Waals surface area contributed by atoms with E-state index in [1.807, 2.05) is 13.8 Å². The summed E-state index contributed by atoms with van der Waals surface area (Å²) >= 11 is 5.96. The second-order valence-corrected chi connectivity index (χ2v) is 9.53. The third-order valence-corrected chi connectivity index (χ3v) is 6.43. The highest BCUT2D eigenvalue weighted by Gasteiger charge is 2.30. The SMILES string of the molecule is COc1ccc(C)cc1S(=O)(=O)N(CC(=O)NCCCOC(C)C)c1ccc(Cl)cc1. The number of anilines is 1. The Hall–Kier alpha value is -2.29. The molecular weight excluding hydrogens is 440 g/mol. The number of carbonyl (C=O) groups excluding carboxylic acids is 1. The highest BCUT2D eigenvalue weighted by atomic mass is 35.5. The van der Waals surface area contributed by atoms with Gasteiger partial charge < -0.3 is 14.8 Å². The largest absolute Gasteiger partial charge is 0.495 e. The molecule has 0 saturated carbocycles. The Labute approximate surface area is 189 Å². The van der Waals surface area contributed by atoms with Crippen molar-refractivity contribution in [2.45, 2.75) is 38.2 Å². The van der Waals surface area contributed by atoms with Gasteiger partial charge in [-0.25, -0.2) is 8.42 Å². The normalized spacial score (nSPS) is 11.4. The summed E-state index contributed by atoms with van der Waals surface area (Å²) in [5, 5.41) is 3.21. The van der Waals surface area contributed by atoms with Gasteiger partial charge in [0.25, 0.3) is 10.0 Å². The summed E-state index contributed by atoms with van der Waals surface area (Å²) in [5.74, 6) is -0.217. The average molecular weight is 469 g/mol. The van der Waals surface area contributed by atoms with Gasteiger partial charge in [0, 0.05) is 18.2 Å². The van der Waals surface area contributed by atoms with Crippen molar-refractivity contribution in [3.63, 3.8) is 0 Å². The van der Waals surface area contributed by atoms with E-state index in [1.54, 1.807) is 43.3 Å². The third-order valence-electron chi connectivity index (χ3n) is 4.38. The van der Waals surface area contributed by atoms with E-state index in [4.69, 9.17) is 21.1 Å². The topological polar surface area (TPSA) is 84.9 Å². The van der Waals surface area contributed by atoms with Gasteiger partial charge >= 0.3 is 0 Å². The fourth-order valence-corrected chi connectivity index (χ4v) is 4.62. The van der Waals surface area contributed by atoms with Crippen LogP contribution in [0.5, 0.6) is 5.75 Å². The highest BCUT2D eigenvalue weighted by Crippen LogP contribution is 2.31. The Morgan fingerprint density at radius 2 is 1.84 bits per heavy atom. The first-order chi connectivity index (χ1) is 14.6. The Morgan fingerprint density at radius 3 is 2.45 bits per heavy atom. The predicted octanol–water partition coefficient (Wildman–Crippen LogP) is 3.78. The summed E-state index contributed by atoms with van der Waals surface area (Å²) in [6.45, 7) is 6.18. The molecule has 0 saturated heterocycles. The lowest BCUT2D eigenvalue weighted by Crippen LogP contribution is -2.41. The fraction of sp³-hybridized carbons (Fsp3) is 0.409. The lowest BCUT2D eigenvalue weighted by Gasteiger charge is -2.25. The molecule has 31 heavy (non-hydrogen) atoms. The first-order valence-electron chi connectivity index (χ1n) is 9.96. The van der Waals surface area contributed by atoms with Crippen molar-refractivity contribution in [1.82, 2.24) is 5.32 Å². The summed E-state index contributed by atoms with van der Waals surface area (Å²) in [6, 6.07) is 11.2. The zero-order valence-electron chi connectivity index (χ0n) is 18.2. The average Bonchev–Trinajstić information content (AvgIpc) is 2.72. The molecule has 2 aromatic carbocycles. The third kappa shape index (κ3) is 7.12. The molecule has 0 fully saturated rings. The van der Waals surface area contributed by atoms with Crippen LogP contribution in [0.3, 0.4) is 0 Å². The molecule has 7 nitrogen and oxygen atoms in total. The first-order valence-corrected chi connectivity index (χ1v) is 11.8. The number of ether oxygens (including phenoxy) is 2. The molecule has 170 valence electrons. The lowest BCUT2D eigenvalue weighted by molar-refractivity contribution is -0.119. The fourth-order valence-electron chi connectivity index (χ4n) is 2.83. The van der Waals surface area contributed by atoms with Crippen molar-refractivity contribution in [2.24, 2.45) is 0 Å². The number of nitrogens with one attached hydrogen (secondary N) is 1. The molecule has 9 heteroatoms. The molecule has 1 amide bonds. The molecule has 0 aliphatic rings. The van der Waals surface area contributed by atoms with E-state index in [-0.39, 0.29) is 23.3 Å². The van der Waals surface area contributed by atoms with Gasteiger partial charge in [-0.2, -0.15) is 0 Å². The zero-order chi connectivity index (χ0) is 23.0. The number of hydrogen-bond acceptors (Lipinski definition) is 5. The maximum Gasteiger partial charge on any atom is 0.268 e. The van der Waals surface area contributed by atoms with Gasteiger partial charge in [-0.15, -0.1) is 0 Å². The van der Waals surface area contributed by atoms with E-state index in [9.17, 15) is 13.2 Å². The molecule has 0 unspecified atom stereocenters. The number of methoxy groups -OCH3 is 1. The summed E-state index contributed by atoms with van der Waals surface area (Å²) in [4.78, 5) is 12.6. The van der Waals surface area contributed by atoms with Crippen LogP contribution in [-0.2, 0) is 19.6 Å². The van der Waals surface area contributed by atoms with Crippen molar-refractivity contribution < 1.29 is 22.7 Å². The van der Waals surface area contributed by atoms with Crippen molar-refractivity contribution in [2.75, 3.05) is 31.1 Å². The Morgan fingerprint density at radius 1 is 1.16 bits per heavy atom. The Balaban J connectivity index is 2.28. The van der Waals surface area contributed by atoms with Crippen LogP contribution in [-0.4, -0.2) is 47.2 Å². The molecule has 2 rings (SSSR count). The molecule has 0 heterocycles. The summed E-state index contributed by atoms with van der Waals surface area (Å²) in [6.07, 6.45) is 0.745. The van der Waals surface area contributed by atoms with E-state index < -0.39 is 15.9 Å². The summed E-state index contributed by atoms with van der Waals surface area (Å²) < 4.78 is 38.9. The number of rotatable bonds is 11. The van der Waals surface area contributed by atoms with Gasteiger partial charge in [-0.3, -0.25) is 9.10 Å². The molecule has 0 spiro atoms. The van der Waals surface area contributed by atoms with E-state index in [0.717, 1.165) is 9.87 Å². The highest BCUT2D eigenvalue weighted by molar-refractivity contribution is 7.93. The molecule has 0 aliphatic carbocycles. The van der Waals surface area contributed by atoms with Crippen molar-refractivity contribution in [1.29, 1.82) is 0 Å². The van der Waals surface area contributed by atoms with Gasteiger partial charge in [-0.1, -0.05) is 17.7 Å². The second-order valence-electron chi connectivity index (χ2n) is 7.27. The van der Waals surface area contributed by atoms with Gasteiger partial charge in [0.2, 0.25) is 5.91 Å². The maximum atomic E-state index is 13.5. The molecular formula is C22H29ClN2O5S. The molecule has 1 N–H and O–H groups in total. The number of sulfonamides is 1. The smallest absolute Gasteiger partial charge is 0.268 e. The van der Waals surface area contributed by atoms with Crippen LogP contribution >= 0.6 is 11.6 Å². The van der Waals surface area contributed by atoms with Gasteiger partial charge in [0.15, 0.2) is 0 Å². The van der Waals surface area contributed by atoms with Gasteiger partial charge in [0.1, 0.15) is 17.2 Å². The zero-order valence-corrected chi connectivity index (χ0v) is 19.8. The molecule has 2 aromatic rings. The summed E-state index contributed by atoms with van der Waals surface area (Å²) in [7, 11) is -2.69. The first kappa shape index (κ1) is 25.0. The maximum absolute atomic E-state index is 13.5. The van der Waals surface area contributed by atoms with Crippen molar-refractivity contribution in [3.8, 4) is 5.75 Å². The number of halogens is 1. The molecule has 0 aliphatic heterocycles. The Kier molecular flexibility index (Phi) is 9.15. The van der Waals surface area contributed by atoms with Crippen LogP contribution in [0.2, 0.25) is 5.02 Å². The number of amides is 1. The van der Waals surface area contributed by atoms with Crippen LogP contribution in [0.1, 0.15) is 25.8 Å². The number of aryl methyl sites for hydroxylation is 1. The molecule has 0 aromatic heterocycles. The number of carbonyl (C=O) groups is 1. The van der Waals surface area contributed by atoms with E-state index in [1.165, 1.54) is 13.2 Å². The standard InChI is InChI=1S/C22H29ClN2O5S/c1-16(2)30-13-5-12-24-22(26)15-25(19-9-7-18(23)8-10-19)31(27,28)21-14-17(3)6-11-20(21)29-4/h6-11,14,16H,5,12-13,15H2,1-4H3,(H,24,26). The van der Waals surface area contributed by atoms with Crippen LogP contribution in [0, 0.1) is 6.92 Å². The van der Waals surface area contributed by atoms with Crippen LogP contribution < -0.4 is 14.4 Å². The van der Waals surface area contributed by atoms with Gasteiger partial charge in [0.05, 0.1) is 18.9 Å². The number of hydrogen-bond donors (Lipinski definition) is 1.